The molecule has 1 unspecified atom stereocenters. The summed E-state index contributed by atoms with van der Waals surface area (Å²) < 4.78 is 0. The zero-order valence-electron chi connectivity index (χ0n) is 7.68. The number of hydrogen-bond acceptors (Lipinski definition) is 2. The number of hydrogen-bond donors (Lipinski definition) is 2. The van der Waals surface area contributed by atoms with Crippen molar-refractivity contribution in [3.63, 3.8) is 0 Å². The predicted octanol–water partition coefficient (Wildman–Crippen LogP) is 1.43. The molecule has 2 rings (SSSR count). The van der Waals surface area contributed by atoms with Crippen molar-refractivity contribution < 1.29 is 5.11 Å². The highest BCUT2D eigenvalue weighted by atomic mass is 16.3. The largest absolute Gasteiger partial charge is 0.391 e. The molecule has 1 spiro atoms. The molecule has 2 nitrogen and oxygen atoms in total. The number of nitrogens with one attached hydrogen (secondary N) is 1. The van der Waals surface area contributed by atoms with Gasteiger partial charge in [-0.25, -0.2) is 0 Å². The van der Waals surface area contributed by atoms with Crippen LogP contribution in [-0.2, 0) is 0 Å². The average Bonchev–Trinajstić information content (AvgIpc) is 2.12. The van der Waals surface area contributed by atoms with E-state index in [0.717, 1.165) is 19.4 Å². The van der Waals surface area contributed by atoms with Gasteiger partial charge in [-0.15, -0.1) is 0 Å². The molecule has 12 heavy (non-hydrogen) atoms. The molecule has 2 N–H and O–H groups in total. The number of rotatable bonds is 0. The summed E-state index contributed by atoms with van der Waals surface area (Å²) >= 11 is 0. The van der Waals surface area contributed by atoms with Gasteiger partial charge in [0, 0.05) is 5.54 Å². The fraction of sp³-hybridized carbons (Fsp3) is 1.00. The van der Waals surface area contributed by atoms with Gasteiger partial charge in [-0.2, -0.15) is 0 Å². The maximum atomic E-state index is 9.92. The van der Waals surface area contributed by atoms with E-state index in [9.17, 15) is 5.11 Å². The van der Waals surface area contributed by atoms with Crippen LogP contribution in [-0.4, -0.2) is 23.3 Å². The number of piperidine rings is 1. The second kappa shape index (κ2) is 3.35. The van der Waals surface area contributed by atoms with Crippen LogP contribution in [0.3, 0.4) is 0 Å². The number of aliphatic hydroxyl groups excluding tert-OH is 1. The normalized spacial score (nSPS) is 35.2. The Bertz CT molecular complexity index is 144. The van der Waals surface area contributed by atoms with Crippen molar-refractivity contribution in [3.8, 4) is 0 Å². The molecule has 1 aliphatic heterocycles. The van der Waals surface area contributed by atoms with Gasteiger partial charge in [0.2, 0.25) is 0 Å². The lowest BCUT2D eigenvalue weighted by molar-refractivity contribution is 0.00764. The maximum absolute atomic E-state index is 9.92. The molecular weight excluding hydrogens is 150 g/mol. The molecule has 0 amide bonds. The highest BCUT2D eigenvalue weighted by Crippen LogP contribution is 2.34. The lowest BCUT2D eigenvalue weighted by atomic mass is 9.74. The summed E-state index contributed by atoms with van der Waals surface area (Å²) in [5.41, 5.74) is 0.122. The lowest BCUT2D eigenvalue weighted by Crippen LogP contribution is -2.58. The van der Waals surface area contributed by atoms with E-state index in [0.29, 0.717) is 0 Å². The minimum atomic E-state index is -0.0773. The Morgan fingerprint density at radius 1 is 1.08 bits per heavy atom. The van der Waals surface area contributed by atoms with Crippen molar-refractivity contribution >= 4 is 0 Å². The standard InChI is InChI=1S/C10H19NO/c12-9-5-4-8-11-10(9)6-2-1-3-7-10/h9,11-12H,1-8H2. The van der Waals surface area contributed by atoms with Crippen LogP contribution in [0.1, 0.15) is 44.9 Å². The van der Waals surface area contributed by atoms with Gasteiger partial charge in [0.1, 0.15) is 0 Å². The van der Waals surface area contributed by atoms with E-state index in [-0.39, 0.29) is 11.6 Å². The maximum Gasteiger partial charge on any atom is 0.0722 e. The van der Waals surface area contributed by atoms with Crippen LogP contribution in [0, 0.1) is 0 Å². The van der Waals surface area contributed by atoms with E-state index in [1.165, 1.54) is 32.1 Å². The first kappa shape index (κ1) is 8.52. The highest BCUT2D eigenvalue weighted by molar-refractivity contribution is 4.99. The molecule has 70 valence electrons. The van der Waals surface area contributed by atoms with Gasteiger partial charge in [0.05, 0.1) is 6.10 Å². The molecule has 2 aliphatic rings. The highest BCUT2D eigenvalue weighted by Gasteiger charge is 2.39. The fourth-order valence-corrected chi connectivity index (χ4v) is 2.72. The monoisotopic (exact) mass is 169 g/mol. The van der Waals surface area contributed by atoms with Gasteiger partial charge < -0.3 is 10.4 Å². The Morgan fingerprint density at radius 3 is 2.50 bits per heavy atom. The zero-order chi connectivity index (χ0) is 8.44. The van der Waals surface area contributed by atoms with Crippen LogP contribution in [0.5, 0.6) is 0 Å². The molecule has 1 saturated carbocycles. The molecule has 1 atom stereocenters. The Morgan fingerprint density at radius 2 is 1.83 bits per heavy atom. The lowest BCUT2D eigenvalue weighted by Gasteiger charge is -2.45. The van der Waals surface area contributed by atoms with Crippen molar-refractivity contribution in [2.45, 2.75) is 56.6 Å². The zero-order valence-corrected chi connectivity index (χ0v) is 7.68. The first-order valence-corrected chi connectivity index (χ1v) is 5.27. The summed E-state index contributed by atoms with van der Waals surface area (Å²) in [7, 11) is 0. The molecule has 2 fully saturated rings. The molecule has 0 aromatic rings. The quantitative estimate of drug-likeness (QED) is 0.575. The summed E-state index contributed by atoms with van der Waals surface area (Å²) in [5, 5.41) is 13.5. The molecule has 0 bridgehead atoms. The summed E-state index contributed by atoms with van der Waals surface area (Å²) in [5.74, 6) is 0. The molecule has 1 heterocycles. The average molecular weight is 169 g/mol. The summed E-state index contributed by atoms with van der Waals surface area (Å²) in [6.07, 6.45) is 8.40. The molecule has 2 heteroatoms. The SMILES string of the molecule is OC1CCCNC12CCCCC2. The minimum absolute atomic E-state index is 0.0773. The van der Waals surface area contributed by atoms with Gasteiger partial charge in [-0.05, 0) is 32.2 Å². The van der Waals surface area contributed by atoms with Crippen LogP contribution in [0.15, 0.2) is 0 Å². The first-order valence-electron chi connectivity index (χ1n) is 5.27. The molecule has 1 aliphatic carbocycles. The van der Waals surface area contributed by atoms with E-state index in [1.54, 1.807) is 0 Å². The van der Waals surface area contributed by atoms with E-state index >= 15 is 0 Å². The van der Waals surface area contributed by atoms with Crippen molar-refractivity contribution in [2.75, 3.05) is 6.54 Å². The Balaban J connectivity index is 2.04. The first-order chi connectivity index (χ1) is 5.83. The molecule has 0 radical (unpaired) electrons. The van der Waals surface area contributed by atoms with E-state index in [1.807, 2.05) is 0 Å². The van der Waals surface area contributed by atoms with Gasteiger partial charge >= 0.3 is 0 Å². The topological polar surface area (TPSA) is 32.3 Å². The predicted molar refractivity (Wildman–Crippen MR) is 49.1 cm³/mol. The summed E-state index contributed by atoms with van der Waals surface area (Å²) in [4.78, 5) is 0. The van der Waals surface area contributed by atoms with Crippen LogP contribution in [0.25, 0.3) is 0 Å². The van der Waals surface area contributed by atoms with Gasteiger partial charge in [0.25, 0.3) is 0 Å². The third kappa shape index (κ3) is 1.38. The van der Waals surface area contributed by atoms with Crippen LogP contribution >= 0.6 is 0 Å². The Kier molecular flexibility index (Phi) is 2.37. The van der Waals surface area contributed by atoms with Crippen LogP contribution in [0.4, 0.5) is 0 Å². The van der Waals surface area contributed by atoms with Crippen LogP contribution < -0.4 is 5.32 Å². The van der Waals surface area contributed by atoms with Crippen molar-refractivity contribution in [2.24, 2.45) is 0 Å². The van der Waals surface area contributed by atoms with Crippen molar-refractivity contribution in [3.05, 3.63) is 0 Å². The molecular formula is C10H19NO. The smallest absolute Gasteiger partial charge is 0.0722 e. The second-order valence-corrected chi connectivity index (χ2v) is 4.30. The molecule has 1 saturated heterocycles. The third-order valence-corrected chi connectivity index (χ3v) is 3.52. The van der Waals surface area contributed by atoms with Gasteiger partial charge in [-0.1, -0.05) is 19.3 Å². The summed E-state index contributed by atoms with van der Waals surface area (Å²) in [6, 6.07) is 0. The van der Waals surface area contributed by atoms with Crippen molar-refractivity contribution in [1.29, 1.82) is 0 Å². The minimum Gasteiger partial charge on any atom is -0.391 e. The fourth-order valence-electron chi connectivity index (χ4n) is 2.72. The molecule has 0 aromatic heterocycles. The van der Waals surface area contributed by atoms with E-state index in [2.05, 4.69) is 5.32 Å². The van der Waals surface area contributed by atoms with Gasteiger partial charge in [0.15, 0.2) is 0 Å². The van der Waals surface area contributed by atoms with Crippen LogP contribution in [0.2, 0.25) is 0 Å². The Labute approximate surface area is 74.4 Å². The molecule has 0 aromatic carbocycles. The van der Waals surface area contributed by atoms with E-state index in [4.69, 9.17) is 0 Å². The summed E-state index contributed by atoms with van der Waals surface area (Å²) in [6.45, 7) is 1.11. The Hall–Kier alpha value is -0.0800. The number of aliphatic hydroxyl groups is 1. The van der Waals surface area contributed by atoms with Crippen molar-refractivity contribution in [1.82, 2.24) is 5.32 Å². The third-order valence-electron chi connectivity index (χ3n) is 3.52. The van der Waals surface area contributed by atoms with E-state index < -0.39 is 0 Å². The van der Waals surface area contributed by atoms with Gasteiger partial charge in [-0.3, -0.25) is 0 Å². The second-order valence-electron chi connectivity index (χ2n) is 4.30.